The van der Waals surface area contributed by atoms with Crippen LogP contribution >= 0.6 is 12.4 Å². The maximum atomic E-state index is 14.3. The van der Waals surface area contributed by atoms with Crippen LogP contribution in [0.3, 0.4) is 0 Å². The first-order chi connectivity index (χ1) is 17.3. The third-order valence-electron chi connectivity index (χ3n) is 7.89. The first kappa shape index (κ1) is 27.0. The van der Waals surface area contributed by atoms with E-state index in [1.54, 1.807) is 18.3 Å². The van der Waals surface area contributed by atoms with E-state index in [9.17, 15) is 18.7 Å². The molecule has 1 aromatic heterocycles. The minimum atomic E-state index is -0.972. The first-order valence-corrected chi connectivity index (χ1v) is 12.5. The highest BCUT2D eigenvalue weighted by Gasteiger charge is 2.47. The summed E-state index contributed by atoms with van der Waals surface area (Å²) in [6.45, 7) is 6.22. The number of hydrogen-bond acceptors (Lipinski definition) is 4. The topological polar surface area (TPSA) is 56.7 Å². The molecule has 4 atom stereocenters. The van der Waals surface area contributed by atoms with Crippen LogP contribution in [0.1, 0.15) is 25.8 Å². The van der Waals surface area contributed by atoms with Gasteiger partial charge in [0, 0.05) is 55.8 Å². The fourth-order valence-electron chi connectivity index (χ4n) is 5.86. The summed E-state index contributed by atoms with van der Waals surface area (Å²) in [7, 11) is 0. The van der Waals surface area contributed by atoms with Crippen molar-refractivity contribution < 1.29 is 18.7 Å². The largest absolute Gasteiger partial charge is 0.384 e. The van der Waals surface area contributed by atoms with Crippen molar-refractivity contribution in [3.8, 4) is 11.1 Å². The molecule has 196 valence electrons. The molecule has 0 radical (unpaired) electrons. The number of halogens is 3. The Morgan fingerprint density at radius 3 is 2.38 bits per heavy atom. The second-order valence-corrected chi connectivity index (χ2v) is 10.2. The van der Waals surface area contributed by atoms with E-state index in [4.69, 9.17) is 0 Å². The van der Waals surface area contributed by atoms with Crippen LogP contribution < -0.4 is 4.90 Å². The van der Waals surface area contributed by atoms with E-state index in [1.165, 1.54) is 12.1 Å². The quantitative estimate of drug-likeness (QED) is 0.502. The molecule has 5 nitrogen and oxygen atoms in total. The molecule has 37 heavy (non-hydrogen) atoms. The lowest BCUT2D eigenvalue weighted by Crippen LogP contribution is -2.56. The lowest BCUT2D eigenvalue weighted by atomic mass is 9.70. The molecule has 0 spiro atoms. The smallest absolute Gasteiger partial charge is 0.227 e. The minimum Gasteiger partial charge on any atom is -0.384 e. The zero-order valence-electron chi connectivity index (χ0n) is 21.0. The van der Waals surface area contributed by atoms with Crippen LogP contribution in [0.25, 0.3) is 11.1 Å². The predicted octanol–water partition coefficient (Wildman–Crippen LogP) is 5.28. The van der Waals surface area contributed by atoms with Crippen molar-refractivity contribution in [2.45, 2.75) is 25.9 Å². The summed E-state index contributed by atoms with van der Waals surface area (Å²) < 4.78 is 27.6. The summed E-state index contributed by atoms with van der Waals surface area (Å²) in [5.74, 6) is -0.832. The lowest BCUT2D eigenvalue weighted by molar-refractivity contribution is -0.152. The molecular formula is C29H32ClF2N3O2. The molecular weight excluding hydrogens is 496 g/mol. The zero-order chi connectivity index (χ0) is 25.4. The summed E-state index contributed by atoms with van der Waals surface area (Å²) in [4.78, 5) is 21.9. The molecule has 2 fully saturated rings. The van der Waals surface area contributed by atoms with Crippen molar-refractivity contribution in [3.05, 3.63) is 84.1 Å². The standard InChI is InChI=1S/C29H31F2N3O2.ClH/c1-19-16-34(17-20(2)29(19,36)23-6-4-3-5-7-23)28(35)22-11-13-33(18-22)27-14-21(10-12-32-27)25-9-8-24(30)15-26(25)31;/h3-10,12,14-15,19-20,22,36H,11,13,16-18H2,1-2H3;1H/t19-,20+,22-,29?;/m0./s1. The summed E-state index contributed by atoms with van der Waals surface area (Å²) in [5, 5.41) is 11.6. The molecule has 2 saturated heterocycles. The van der Waals surface area contributed by atoms with Crippen molar-refractivity contribution in [3.63, 3.8) is 0 Å². The van der Waals surface area contributed by atoms with Gasteiger partial charge in [0.25, 0.3) is 0 Å². The van der Waals surface area contributed by atoms with Crippen LogP contribution in [-0.2, 0) is 10.4 Å². The molecule has 3 heterocycles. The van der Waals surface area contributed by atoms with Gasteiger partial charge in [-0.2, -0.15) is 0 Å². The van der Waals surface area contributed by atoms with Gasteiger partial charge < -0.3 is 14.9 Å². The summed E-state index contributed by atoms with van der Waals surface area (Å²) in [6, 6.07) is 16.7. The Bertz CT molecular complexity index is 1250. The molecule has 8 heteroatoms. The Kier molecular flexibility index (Phi) is 7.85. The molecule has 0 aliphatic carbocycles. The predicted molar refractivity (Wildman–Crippen MR) is 142 cm³/mol. The number of aromatic nitrogens is 1. The fourth-order valence-corrected chi connectivity index (χ4v) is 5.86. The van der Waals surface area contributed by atoms with Crippen LogP contribution in [0.4, 0.5) is 14.6 Å². The Morgan fingerprint density at radius 1 is 1.00 bits per heavy atom. The van der Waals surface area contributed by atoms with Gasteiger partial charge in [0.2, 0.25) is 5.91 Å². The average molecular weight is 528 g/mol. The van der Waals surface area contributed by atoms with Gasteiger partial charge in [-0.25, -0.2) is 13.8 Å². The minimum absolute atomic E-state index is 0. The van der Waals surface area contributed by atoms with Crippen molar-refractivity contribution in [2.24, 2.45) is 17.8 Å². The number of amides is 1. The van der Waals surface area contributed by atoms with Gasteiger partial charge in [0.15, 0.2) is 0 Å². The summed E-state index contributed by atoms with van der Waals surface area (Å²) in [5.41, 5.74) is 0.854. The molecule has 2 aliphatic rings. The van der Waals surface area contributed by atoms with E-state index in [0.717, 1.165) is 11.6 Å². The van der Waals surface area contributed by atoms with Crippen LogP contribution in [0.5, 0.6) is 0 Å². The molecule has 2 aromatic carbocycles. The van der Waals surface area contributed by atoms with Gasteiger partial charge in [-0.15, -0.1) is 12.4 Å². The number of pyridine rings is 1. The second kappa shape index (κ2) is 10.8. The number of anilines is 1. The van der Waals surface area contributed by atoms with Crippen LogP contribution in [0, 0.1) is 29.4 Å². The number of piperidine rings is 1. The first-order valence-electron chi connectivity index (χ1n) is 12.5. The molecule has 5 rings (SSSR count). The molecule has 2 aliphatic heterocycles. The normalized spacial score (nSPS) is 25.6. The summed E-state index contributed by atoms with van der Waals surface area (Å²) in [6.07, 6.45) is 2.32. The van der Waals surface area contributed by atoms with Gasteiger partial charge in [-0.1, -0.05) is 44.2 Å². The van der Waals surface area contributed by atoms with Gasteiger partial charge in [-0.05, 0) is 41.8 Å². The highest BCUT2D eigenvalue weighted by molar-refractivity contribution is 5.85. The highest BCUT2D eigenvalue weighted by Crippen LogP contribution is 2.42. The molecule has 0 saturated carbocycles. The second-order valence-electron chi connectivity index (χ2n) is 10.2. The van der Waals surface area contributed by atoms with Gasteiger partial charge >= 0.3 is 0 Å². The number of aliphatic hydroxyl groups is 1. The monoisotopic (exact) mass is 527 g/mol. The van der Waals surface area contributed by atoms with E-state index in [0.29, 0.717) is 49.5 Å². The van der Waals surface area contributed by atoms with E-state index in [2.05, 4.69) is 4.98 Å². The number of likely N-dealkylation sites (tertiary alicyclic amines) is 1. The number of rotatable bonds is 4. The van der Waals surface area contributed by atoms with Crippen molar-refractivity contribution in [1.82, 2.24) is 9.88 Å². The lowest BCUT2D eigenvalue weighted by Gasteiger charge is -2.48. The number of carbonyl (C=O) groups is 1. The fraction of sp³-hybridized carbons (Fsp3) is 0.379. The average Bonchev–Trinajstić information content (AvgIpc) is 3.37. The maximum absolute atomic E-state index is 14.3. The number of benzene rings is 2. The van der Waals surface area contributed by atoms with Crippen LogP contribution in [0.15, 0.2) is 66.9 Å². The Balaban J connectivity index is 0.00000320. The third kappa shape index (κ3) is 5.07. The van der Waals surface area contributed by atoms with Crippen LogP contribution in [0.2, 0.25) is 0 Å². The van der Waals surface area contributed by atoms with E-state index >= 15 is 0 Å². The third-order valence-corrected chi connectivity index (χ3v) is 7.89. The van der Waals surface area contributed by atoms with Crippen molar-refractivity contribution >= 4 is 24.1 Å². The molecule has 1 N–H and O–H groups in total. The SMILES string of the molecule is C[C@@H]1CN(C(=O)[C@H]2CCN(c3cc(-c4ccc(F)cc4F)ccn3)C2)C[C@H](C)C1(O)c1ccccc1.Cl. The van der Waals surface area contributed by atoms with Gasteiger partial charge in [0.1, 0.15) is 17.5 Å². The Morgan fingerprint density at radius 2 is 1.70 bits per heavy atom. The summed E-state index contributed by atoms with van der Waals surface area (Å²) >= 11 is 0. The highest BCUT2D eigenvalue weighted by atomic mass is 35.5. The Hall–Kier alpha value is -3.03. The maximum Gasteiger partial charge on any atom is 0.227 e. The number of carbonyl (C=O) groups excluding carboxylic acids is 1. The van der Waals surface area contributed by atoms with E-state index in [-0.39, 0.29) is 36.1 Å². The van der Waals surface area contributed by atoms with Gasteiger partial charge in [-0.3, -0.25) is 4.79 Å². The van der Waals surface area contributed by atoms with Crippen molar-refractivity contribution in [2.75, 3.05) is 31.1 Å². The van der Waals surface area contributed by atoms with Crippen molar-refractivity contribution in [1.29, 1.82) is 0 Å². The van der Waals surface area contributed by atoms with Crippen LogP contribution in [-0.4, -0.2) is 47.1 Å². The van der Waals surface area contributed by atoms with E-state index in [1.807, 2.05) is 54.0 Å². The molecule has 3 aromatic rings. The van der Waals surface area contributed by atoms with Gasteiger partial charge in [0.05, 0.1) is 11.5 Å². The Labute approximate surface area is 222 Å². The zero-order valence-corrected chi connectivity index (χ0v) is 21.8. The number of nitrogens with zero attached hydrogens (tertiary/aromatic N) is 3. The van der Waals surface area contributed by atoms with E-state index < -0.39 is 17.2 Å². The molecule has 1 amide bonds. The molecule has 1 unspecified atom stereocenters. The molecule has 0 bridgehead atoms. The number of hydrogen-bond donors (Lipinski definition) is 1.